The molecular weight excluding hydrogens is 338 g/mol. The van der Waals surface area contributed by atoms with Crippen LogP contribution in [0.2, 0.25) is 0 Å². The fraction of sp³-hybridized carbons (Fsp3) is 0.222. The average Bonchev–Trinajstić information content (AvgIpc) is 3.00. The number of pyridine rings is 1. The van der Waals surface area contributed by atoms with Crippen molar-refractivity contribution in [3.05, 3.63) is 48.0 Å². The Balaban J connectivity index is 2.03. The molecule has 130 valence electrons. The second-order valence-corrected chi connectivity index (χ2v) is 6.23. The maximum atomic E-state index is 12.4. The van der Waals surface area contributed by atoms with Gasteiger partial charge in [0.05, 0.1) is 12.0 Å². The lowest BCUT2D eigenvalue weighted by Crippen LogP contribution is -2.23. The van der Waals surface area contributed by atoms with Crippen LogP contribution >= 0.6 is 11.8 Å². The monoisotopic (exact) mass is 357 g/mol. The van der Waals surface area contributed by atoms with Crippen molar-refractivity contribution in [2.75, 3.05) is 18.2 Å². The number of benzene rings is 1. The Morgan fingerprint density at radius 1 is 1.36 bits per heavy atom. The van der Waals surface area contributed by atoms with E-state index >= 15 is 0 Å². The van der Waals surface area contributed by atoms with Gasteiger partial charge in [0.1, 0.15) is 11.3 Å². The fourth-order valence-corrected chi connectivity index (χ4v) is 2.95. The molecule has 3 aromatic rings. The zero-order chi connectivity index (χ0) is 17.8. The minimum atomic E-state index is -0.445. The third kappa shape index (κ3) is 3.62. The van der Waals surface area contributed by atoms with Gasteiger partial charge >= 0.3 is 5.91 Å². The Kier molecular flexibility index (Phi) is 5.25. The Morgan fingerprint density at radius 3 is 2.92 bits per heavy atom. The molecule has 3 rings (SSSR count). The number of hydrogen-bond acceptors (Lipinski definition) is 6. The number of aryl methyl sites for hydroxylation is 1. The standard InChI is InChI=1S/C18H19N3O3S/c1-4-23-21-18(22)17-16(13-10-19-8-7-15(13)24-17)20-14-6-5-12(25-3)9-11(14)2/h5-10,20H,4H2,1-3H3,(H,21,22). The number of furan rings is 1. The van der Waals surface area contributed by atoms with Gasteiger partial charge in [-0.2, -0.15) is 0 Å². The number of carbonyl (C=O) groups is 1. The van der Waals surface area contributed by atoms with Crippen molar-refractivity contribution >= 4 is 40.0 Å². The van der Waals surface area contributed by atoms with E-state index in [1.165, 1.54) is 4.90 Å². The summed E-state index contributed by atoms with van der Waals surface area (Å²) < 4.78 is 5.72. The first-order valence-electron chi connectivity index (χ1n) is 7.84. The summed E-state index contributed by atoms with van der Waals surface area (Å²) in [5, 5.41) is 4.05. The van der Waals surface area contributed by atoms with E-state index in [4.69, 9.17) is 9.25 Å². The van der Waals surface area contributed by atoms with E-state index in [1.807, 2.05) is 25.3 Å². The lowest BCUT2D eigenvalue weighted by Gasteiger charge is -2.11. The summed E-state index contributed by atoms with van der Waals surface area (Å²) in [5.74, 6) is -0.288. The highest BCUT2D eigenvalue weighted by molar-refractivity contribution is 7.98. The van der Waals surface area contributed by atoms with Gasteiger partial charge in [0.25, 0.3) is 0 Å². The summed E-state index contributed by atoms with van der Waals surface area (Å²) in [4.78, 5) is 22.7. The van der Waals surface area contributed by atoms with Gasteiger partial charge < -0.3 is 9.73 Å². The molecule has 0 bridgehead atoms. The van der Waals surface area contributed by atoms with Gasteiger partial charge in [-0.3, -0.25) is 14.6 Å². The number of hydrogen-bond donors (Lipinski definition) is 2. The number of rotatable bonds is 6. The highest BCUT2D eigenvalue weighted by atomic mass is 32.2. The lowest BCUT2D eigenvalue weighted by molar-refractivity contribution is 0.0343. The van der Waals surface area contributed by atoms with Crippen molar-refractivity contribution in [3.8, 4) is 0 Å². The van der Waals surface area contributed by atoms with E-state index in [0.29, 0.717) is 17.9 Å². The molecule has 0 saturated carbocycles. The highest BCUT2D eigenvalue weighted by Gasteiger charge is 2.21. The Bertz CT molecular complexity index is 908. The molecule has 2 N–H and O–H groups in total. The number of nitrogens with zero attached hydrogens (tertiary/aromatic N) is 1. The first-order valence-corrected chi connectivity index (χ1v) is 9.06. The predicted octanol–water partition coefficient (Wildman–Crippen LogP) is 4.28. The van der Waals surface area contributed by atoms with Crippen molar-refractivity contribution in [1.82, 2.24) is 10.5 Å². The molecule has 0 aliphatic rings. The summed E-state index contributed by atoms with van der Waals surface area (Å²) >= 11 is 1.68. The van der Waals surface area contributed by atoms with Crippen molar-refractivity contribution in [3.63, 3.8) is 0 Å². The quantitative estimate of drug-likeness (QED) is 0.506. The number of nitrogens with one attached hydrogen (secondary N) is 2. The number of amides is 1. The van der Waals surface area contributed by atoms with Crippen LogP contribution in [0.1, 0.15) is 23.0 Å². The fourth-order valence-electron chi connectivity index (χ4n) is 2.45. The average molecular weight is 357 g/mol. The maximum absolute atomic E-state index is 12.4. The Hall–Kier alpha value is -2.51. The topological polar surface area (TPSA) is 76.4 Å². The molecule has 7 heteroatoms. The van der Waals surface area contributed by atoms with Gasteiger partial charge in [0, 0.05) is 23.0 Å². The normalized spacial score (nSPS) is 10.8. The van der Waals surface area contributed by atoms with Crippen LogP contribution in [0.5, 0.6) is 0 Å². The summed E-state index contributed by atoms with van der Waals surface area (Å²) in [6, 6.07) is 7.83. The van der Waals surface area contributed by atoms with Gasteiger partial charge in [-0.05, 0) is 49.9 Å². The van der Waals surface area contributed by atoms with Gasteiger partial charge in [-0.1, -0.05) is 0 Å². The molecule has 2 aromatic heterocycles. The third-order valence-corrected chi connectivity index (χ3v) is 4.42. The van der Waals surface area contributed by atoms with Crippen LogP contribution in [0.3, 0.4) is 0 Å². The minimum Gasteiger partial charge on any atom is -0.448 e. The molecule has 0 spiro atoms. The summed E-state index contributed by atoms with van der Waals surface area (Å²) in [6.07, 6.45) is 5.33. The van der Waals surface area contributed by atoms with E-state index < -0.39 is 5.91 Å². The summed E-state index contributed by atoms with van der Waals surface area (Å²) in [5.41, 5.74) is 5.49. The Labute approximate surface area is 149 Å². The molecule has 0 fully saturated rings. The van der Waals surface area contributed by atoms with Crippen LogP contribution in [-0.2, 0) is 4.84 Å². The lowest BCUT2D eigenvalue weighted by atomic mass is 10.1. The summed E-state index contributed by atoms with van der Waals surface area (Å²) in [6.45, 7) is 4.17. The number of hydroxylamine groups is 1. The van der Waals surface area contributed by atoms with E-state index in [9.17, 15) is 4.79 Å². The van der Waals surface area contributed by atoms with Crippen LogP contribution in [-0.4, -0.2) is 23.8 Å². The zero-order valence-electron chi connectivity index (χ0n) is 14.3. The van der Waals surface area contributed by atoms with E-state index in [1.54, 1.807) is 37.1 Å². The number of anilines is 2. The summed E-state index contributed by atoms with van der Waals surface area (Å²) in [7, 11) is 0. The first kappa shape index (κ1) is 17.3. The van der Waals surface area contributed by atoms with Crippen LogP contribution in [0.25, 0.3) is 11.0 Å². The second kappa shape index (κ2) is 7.58. The molecular formula is C18H19N3O3S. The molecule has 1 amide bonds. The van der Waals surface area contributed by atoms with Crippen molar-refractivity contribution in [1.29, 1.82) is 0 Å². The molecule has 2 heterocycles. The van der Waals surface area contributed by atoms with Gasteiger partial charge in [-0.15, -0.1) is 11.8 Å². The van der Waals surface area contributed by atoms with Crippen molar-refractivity contribution in [2.24, 2.45) is 0 Å². The number of fused-ring (bicyclic) bond motifs is 1. The second-order valence-electron chi connectivity index (χ2n) is 5.35. The van der Waals surface area contributed by atoms with Crippen LogP contribution in [0, 0.1) is 6.92 Å². The minimum absolute atomic E-state index is 0.157. The smallest absolute Gasteiger partial charge is 0.312 e. The molecule has 0 radical (unpaired) electrons. The Morgan fingerprint density at radius 2 is 2.20 bits per heavy atom. The molecule has 0 aliphatic heterocycles. The molecule has 0 saturated heterocycles. The first-order chi connectivity index (χ1) is 12.1. The van der Waals surface area contributed by atoms with Crippen LogP contribution in [0.4, 0.5) is 11.4 Å². The zero-order valence-corrected chi connectivity index (χ0v) is 15.1. The third-order valence-electron chi connectivity index (χ3n) is 3.70. The number of thioether (sulfide) groups is 1. The molecule has 0 unspecified atom stereocenters. The number of aromatic nitrogens is 1. The van der Waals surface area contributed by atoms with E-state index in [-0.39, 0.29) is 5.76 Å². The van der Waals surface area contributed by atoms with Gasteiger partial charge in [-0.25, -0.2) is 5.48 Å². The highest BCUT2D eigenvalue weighted by Crippen LogP contribution is 2.34. The number of carbonyl (C=O) groups excluding carboxylic acids is 1. The largest absolute Gasteiger partial charge is 0.448 e. The predicted molar refractivity (Wildman–Crippen MR) is 99.3 cm³/mol. The van der Waals surface area contributed by atoms with E-state index in [0.717, 1.165) is 16.6 Å². The molecule has 1 aromatic carbocycles. The van der Waals surface area contributed by atoms with E-state index in [2.05, 4.69) is 21.8 Å². The molecule has 0 atom stereocenters. The van der Waals surface area contributed by atoms with Crippen LogP contribution in [0.15, 0.2) is 46.0 Å². The van der Waals surface area contributed by atoms with Crippen molar-refractivity contribution in [2.45, 2.75) is 18.7 Å². The van der Waals surface area contributed by atoms with Crippen LogP contribution < -0.4 is 10.8 Å². The molecule has 0 aliphatic carbocycles. The van der Waals surface area contributed by atoms with Crippen molar-refractivity contribution < 1.29 is 14.0 Å². The van der Waals surface area contributed by atoms with Gasteiger partial charge in [0.2, 0.25) is 5.76 Å². The molecule has 6 nitrogen and oxygen atoms in total. The SMILES string of the molecule is CCONC(=O)c1oc2ccncc2c1Nc1ccc(SC)cc1C. The van der Waals surface area contributed by atoms with Gasteiger partial charge in [0.15, 0.2) is 0 Å². The molecule has 25 heavy (non-hydrogen) atoms. The maximum Gasteiger partial charge on any atom is 0.312 e.